The van der Waals surface area contributed by atoms with Gasteiger partial charge in [0.15, 0.2) is 0 Å². The second-order valence-corrected chi connectivity index (χ2v) is 7.97. The van der Waals surface area contributed by atoms with Crippen LogP contribution in [0.3, 0.4) is 0 Å². The van der Waals surface area contributed by atoms with Crippen molar-refractivity contribution in [3.8, 4) is 11.3 Å². The molecule has 1 atom stereocenters. The van der Waals surface area contributed by atoms with E-state index in [0.29, 0.717) is 17.8 Å². The van der Waals surface area contributed by atoms with E-state index in [1.807, 2.05) is 43.3 Å². The van der Waals surface area contributed by atoms with E-state index in [1.165, 1.54) is 0 Å². The molecule has 0 spiro atoms. The molecular weight excluding hydrogens is 404 g/mol. The second kappa shape index (κ2) is 8.39. The van der Waals surface area contributed by atoms with Crippen LogP contribution < -0.4 is 15.8 Å². The summed E-state index contributed by atoms with van der Waals surface area (Å²) in [4.78, 5) is 31.3. The Hall–Kier alpha value is -3.78. The van der Waals surface area contributed by atoms with Gasteiger partial charge in [-0.25, -0.2) is 9.97 Å². The van der Waals surface area contributed by atoms with Crippen molar-refractivity contribution < 1.29 is 4.74 Å². The van der Waals surface area contributed by atoms with Gasteiger partial charge in [0.25, 0.3) is 5.56 Å². The van der Waals surface area contributed by atoms with Gasteiger partial charge < -0.3 is 19.9 Å². The number of ether oxygens (including phenoxy) is 1. The van der Waals surface area contributed by atoms with E-state index in [9.17, 15) is 4.79 Å². The highest BCUT2D eigenvalue weighted by atomic mass is 16.5. The highest BCUT2D eigenvalue weighted by Gasteiger charge is 2.18. The SMILES string of the molecule is Cc1ccc(-c2cc3cc[nH]c(=O)c3c(Nc3ccc(N4CCO[C@H](C)C4)nc3)n2)cn1. The molecule has 1 fully saturated rings. The van der Waals surface area contributed by atoms with Crippen molar-refractivity contribution in [2.45, 2.75) is 20.0 Å². The molecule has 0 radical (unpaired) electrons. The fourth-order valence-electron chi connectivity index (χ4n) is 3.88. The lowest BCUT2D eigenvalue weighted by molar-refractivity contribution is 0.0529. The zero-order chi connectivity index (χ0) is 22.1. The fraction of sp³-hybridized carbons (Fsp3) is 0.250. The van der Waals surface area contributed by atoms with E-state index in [-0.39, 0.29) is 11.7 Å². The molecule has 5 heterocycles. The van der Waals surface area contributed by atoms with Gasteiger partial charge in [0.05, 0.1) is 35.7 Å². The van der Waals surface area contributed by atoms with Crippen LogP contribution in [0.2, 0.25) is 0 Å². The third kappa shape index (κ3) is 4.04. The summed E-state index contributed by atoms with van der Waals surface area (Å²) in [6, 6.07) is 11.6. The lowest BCUT2D eigenvalue weighted by Crippen LogP contribution is -2.41. The lowest BCUT2D eigenvalue weighted by atomic mass is 10.1. The first-order chi connectivity index (χ1) is 15.6. The molecule has 8 heteroatoms. The number of rotatable bonds is 4. The molecule has 0 unspecified atom stereocenters. The molecule has 162 valence electrons. The maximum atomic E-state index is 12.6. The van der Waals surface area contributed by atoms with Crippen molar-refractivity contribution in [2.24, 2.45) is 0 Å². The summed E-state index contributed by atoms with van der Waals surface area (Å²) in [6.45, 7) is 6.33. The van der Waals surface area contributed by atoms with Crippen LogP contribution in [0.15, 0.2) is 59.8 Å². The normalized spacial score (nSPS) is 16.3. The smallest absolute Gasteiger partial charge is 0.259 e. The Bertz CT molecular complexity index is 1300. The number of anilines is 3. The van der Waals surface area contributed by atoms with Gasteiger partial charge in [0.2, 0.25) is 0 Å². The molecule has 1 saturated heterocycles. The van der Waals surface area contributed by atoms with Crippen molar-refractivity contribution in [1.29, 1.82) is 0 Å². The maximum Gasteiger partial charge on any atom is 0.259 e. The number of nitrogens with zero attached hydrogens (tertiary/aromatic N) is 4. The van der Waals surface area contributed by atoms with Crippen LogP contribution in [0.1, 0.15) is 12.6 Å². The lowest BCUT2D eigenvalue weighted by Gasteiger charge is -2.32. The van der Waals surface area contributed by atoms with Crippen molar-refractivity contribution in [3.05, 3.63) is 71.0 Å². The average Bonchev–Trinajstić information content (AvgIpc) is 2.80. The van der Waals surface area contributed by atoms with Crippen molar-refractivity contribution in [1.82, 2.24) is 19.9 Å². The molecule has 0 bridgehead atoms. The van der Waals surface area contributed by atoms with Gasteiger partial charge in [0, 0.05) is 36.7 Å². The molecule has 0 aliphatic carbocycles. The topological polar surface area (TPSA) is 96.0 Å². The van der Waals surface area contributed by atoms with Gasteiger partial charge in [-0.1, -0.05) is 0 Å². The van der Waals surface area contributed by atoms with E-state index in [4.69, 9.17) is 9.72 Å². The van der Waals surface area contributed by atoms with E-state index < -0.39 is 0 Å². The number of aromatic nitrogens is 4. The van der Waals surface area contributed by atoms with Gasteiger partial charge in [-0.05, 0) is 55.6 Å². The number of hydrogen-bond acceptors (Lipinski definition) is 7. The van der Waals surface area contributed by atoms with Crippen LogP contribution in [0, 0.1) is 6.92 Å². The predicted octanol–water partition coefficient (Wildman–Crippen LogP) is 3.66. The number of hydrogen-bond donors (Lipinski definition) is 2. The minimum absolute atomic E-state index is 0.185. The Kier molecular flexibility index (Phi) is 5.28. The number of morpholine rings is 1. The molecule has 0 amide bonds. The van der Waals surface area contributed by atoms with Gasteiger partial charge in [-0.3, -0.25) is 9.78 Å². The van der Waals surface area contributed by atoms with Gasteiger partial charge in [-0.15, -0.1) is 0 Å². The Morgan fingerprint density at radius 1 is 1.16 bits per heavy atom. The highest BCUT2D eigenvalue weighted by molar-refractivity contribution is 5.95. The van der Waals surface area contributed by atoms with E-state index in [2.05, 4.69) is 32.1 Å². The largest absolute Gasteiger partial charge is 0.375 e. The quantitative estimate of drug-likeness (QED) is 0.512. The third-order valence-electron chi connectivity index (χ3n) is 5.54. The third-order valence-corrected chi connectivity index (χ3v) is 5.54. The number of nitrogens with one attached hydrogen (secondary N) is 2. The van der Waals surface area contributed by atoms with Crippen molar-refractivity contribution in [2.75, 3.05) is 29.9 Å². The number of H-pyrrole nitrogens is 1. The second-order valence-electron chi connectivity index (χ2n) is 7.97. The molecule has 4 aromatic rings. The summed E-state index contributed by atoms with van der Waals surface area (Å²) in [6.07, 6.45) is 5.38. The molecule has 0 saturated carbocycles. The maximum absolute atomic E-state index is 12.6. The number of fused-ring (bicyclic) bond motifs is 1. The zero-order valence-electron chi connectivity index (χ0n) is 18.0. The number of aryl methyl sites for hydroxylation is 1. The van der Waals surface area contributed by atoms with Gasteiger partial charge in [0.1, 0.15) is 11.6 Å². The van der Waals surface area contributed by atoms with Gasteiger partial charge >= 0.3 is 0 Å². The first-order valence-electron chi connectivity index (χ1n) is 10.6. The summed E-state index contributed by atoms with van der Waals surface area (Å²) in [5.41, 5.74) is 3.12. The molecule has 1 aliphatic rings. The monoisotopic (exact) mass is 428 g/mol. The van der Waals surface area contributed by atoms with E-state index in [0.717, 1.165) is 46.9 Å². The zero-order valence-corrected chi connectivity index (χ0v) is 18.0. The molecule has 0 aromatic carbocycles. The van der Waals surface area contributed by atoms with Crippen LogP contribution in [0.4, 0.5) is 17.3 Å². The van der Waals surface area contributed by atoms with Crippen LogP contribution in [0.5, 0.6) is 0 Å². The van der Waals surface area contributed by atoms with Crippen LogP contribution in [-0.2, 0) is 4.74 Å². The Morgan fingerprint density at radius 3 is 2.81 bits per heavy atom. The van der Waals surface area contributed by atoms with E-state index >= 15 is 0 Å². The summed E-state index contributed by atoms with van der Waals surface area (Å²) in [5, 5.41) is 4.59. The highest BCUT2D eigenvalue weighted by Crippen LogP contribution is 2.28. The number of pyridine rings is 4. The summed E-state index contributed by atoms with van der Waals surface area (Å²) >= 11 is 0. The van der Waals surface area contributed by atoms with Crippen LogP contribution >= 0.6 is 0 Å². The average molecular weight is 428 g/mol. The first kappa shape index (κ1) is 20.1. The van der Waals surface area contributed by atoms with Crippen LogP contribution in [-0.4, -0.2) is 45.7 Å². The summed E-state index contributed by atoms with van der Waals surface area (Å²) in [7, 11) is 0. The van der Waals surface area contributed by atoms with Gasteiger partial charge in [-0.2, -0.15) is 0 Å². The Morgan fingerprint density at radius 2 is 2.06 bits per heavy atom. The molecule has 32 heavy (non-hydrogen) atoms. The molecular formula is C24H24N6O2. The molecule has 1 aliphatic heterocycles. The summed E-state index contributed by atoms with van der Waals surface area (Å²) < 4.78 is 5.61. The standard InChI is InChI=1S/C24H24N6O2/c1-15-3-4-18(12-26-15)20-11-17-7-8-25-24(31)22(17)23(29-20)28-19-5-6-21(27-13-19)30-9-10-32-16(2)14-30/h3-8,11-13,16H,9-10,14H2,1-2H3,(H,25,31)(H,28,29)/t16-/m1/s1. The van der Waals surface area contributed by atoms with E-state index in [1.54, 1.807) is 18.6 Å². The molecule has 5 rings (SSSR count). The fourth-order valence-corrected chi connectivity index (χ4v) is 3.88. The molecule has 4 aromatic heterocycles. The summed E-state index contributed by atoms with van der Waals surface area (Å²) in [5.74, 6) is 1.38. The minimum Gasteiger partial charge on any atom is -0.375 e. The van der Waals surface area contributed by atoms with Crippen molar-refractivity contribution in [3.63, 3.8) is 0 Å². The Balaban J connectivity index is 1.50. The molecule has 8 nitrogen and oxygen atoms in total. The first-order valence-corrected chi connectivity index (χ1v) is 10.6. The number of aromatic amines is 1. The predicted molar refractivity (Wildman–Crippen MR) is 125 cm³/mol. The minimum atomic E-state index is -0.196. The Labute approximate surface area is 185 Å². The van der Waals surface area contributed by atoms with Crippen molar-refractivity contribution >= 4 is 28.1 Å². The van der Waals surface area contributed by atoms with Crippen LogP contribution in [0.25, 0.3) is 22.0 Å². The molecule has 2 N–H and O–H groups in total.